The number of aromatic carboxylic acids is 1. The normalized spacial score (nSPS) is 10.4. The minimum absolute atomic E-state index is 0.148. The summed E-state index contributed by atoms with van der Waals surface area (Å²) in [5.74, 6) is -1.24. The smallest absolute Gasteiger partial charge is 0.335 e. The van der Waals surface area contributed by atoms with Crippen LogP contribution in [-0.4, -0.2) is 22.0 Å². The van der Waals surface area contributed by atoms with E-state index in [0.29, 0.717) is 11.3 Å². The summed E-state index contributed by atoms with van der Waals surface area (Å²) < 4.78 is 0. The summed E-state index contributed by atoms with van der Waals surface area (Å²) >= 11 is 0. The molecule has 1 amide bonds. The molecule has 0 radical (unpaired) electrons. The number of hydrogen-bond acceptors (Lipinski definition) is 3. The van der Waals surface area contributed by atoms with E-state index < -0.39 is 5.97 Å². The highest BCUT2D eigenvalue weighted by Crippen LogP contribution is 2.18. The molecular formula is C18H14N2O3. The van der Waals surface area contributed by atoms with Crippen LogP contribution >= 0.6 is 0 Å². The highest BCUT2D eigenvalue weighted by atomic mass is 16.4. The first-order valence-corrected chi connectivity index (χ1v) is 7.09. The van der Waals surface area contributed by atoms with Gasteiger partial charge in [0.15, 0.2) is 0 Å². The van der Waals surface area contributed by atoms with Crippen LogP contribution in [0.1, 0.15) is 26.4 Å². The first-order valence-electron chi connectivity index (χ1n) is 7.09. The van der Waals surface area contributed by atoms with E-state index in [0.717, 1.165) is 10.8 Å². The molecular weight excluding hydrogens is 292 g/mol. The van der Waals surface area contributed by atoms with Crippen LogP contribution in [0.15, 0.2) is 60.8 Å². The minimum Gasteiger partial charge on any atom is -0.478 e. The second-order valence-electron chi connectivity index (χ2n) is 5.05. The number of amides is 1. The van der Waals surface area contributed by atoms with Crippen molar-refractivity contribution >= 4 is 22.6 Å². The molecule has 0 atom stereocenters. The Kier molecular flexibility index (Phi) is 4.01. The molecule has 0 saturated heterocycles. The van der Waals surface area contributed by atoms with Crippen molar-refractivity contribution in [3.63, 3.8) is 0 Å². The van der Waals surface area contributed by atoms with Crippen molar-refractivity contribution < 1.29 is 14.7 Å². The molecule has 114 valence electrons. The Balaban J connectivity index is 1.79. The Labute approximate surface area is 132 Å². The maximum absolute atomic E-state index is 12.4. The van der Waals surface area contributed by atoms with E-state index >= 15 is 0 Å². The van der Waals surface area contributed by atoms with Crippen LogP contribution in [-0.2, 0) is 6.54 Å². The molecule has 0 unspecified atom stereocenters. The van der Waals surface area contributed by atoms with Crippen molar-refractivity contribution in [2.24, 2.45) is 0 Å². The molecule has 0 aliphatic heterocycles. The Morgan fingerprint density at radius 2 is 1.83 bits per heavy atom. The average Bonchev–Trinajstić information content (AvgIpc) is 2.59. The molecule has 0 bridgehead atoms. The van der Waals surface area contributed by atoms with Gasteiger partial charge in [-0.15, -0.1) is 0 Å². The molecule has 0 aliphatic rings. The minimum atomic E-state index is -1.02. The number of hydrogen-bond donors (Lipinski definition) is 2. The number of fused-ring (bicyclic) bond motifs is 1. The van der Waals surface area contributed by atoms with Crippen LogP contribution in [0.25, 0.3) is 10.8 Å². The molecule has 2 N–H and O–H groups in total. The fraction of sp³-hybridized carbons (Fsp3) is 0.0556. The van der Waals surface area contributed by atoms with Gasteiger partial charge in [-0.25, -0.2) is 4.79 Å². The lowest BCUT2D eigenvalue weighted by Crippen LogP contribution is -2.23. The zero-order valence-corrected chi connectivity index (χ0v) is 12.2. The van der Waals surface area contributed by atoms with Crippen LogP contribution in [0.4, 0.5) is 0 Å². The first kappa shape index (κ1) is 14.7. The number of aromatic nitrogens is 1. The Hall–Kier alpha value is -3.21. The molecule has 2 aromatic carbocycles. The predicted octanol–water partition coefficient (Wildman–Crippen LogP) is 2.86. The number of carbonyl (C=O) groups excluding carboxylic acids is 1. The van der Waals surface area contributed by atoms with E-state index in [2.05, 4.69) is 10.3 Å². The summed E-state index contributed by atoms with van der Waals surface area (Å²) in [5, 5.41) is 13.6. The van der Waals surface area contributed by atoms with E-state index in [1.165, 1.54) is 18.3 Å². The fourth-order valence-corrected chi connectivity index (χ4v) is 2.40. The Morgan fingerprint density at radius 3 is 2.65 bits per heavy atom. The molecule has 23 heavy (non-hydrogen) atoms. The third kappa shape index (κ3) is 3.18. The quantitative estimate of drug-likeness (QED) is 0.777. The van der Waals surface area contributed by atoms with Gasteiger partial charge in [0.2, 0.25) is 0 Å². The predicted molar refractivity (Wildman–Crippen MR) is 86.3 cm³/mol. The molecule has 0 spiro atoms. The van der Waals surface area contributed by atoms with E-state index in [9.17, 15) is 9.59 Å². The van der Waals surface area contributed by atoms with E-state index in [4.69, 9.17) is 5.11 Å². The van der Waals surface area contributed by atoms with Crippen molar-refractivity contribution in [1.82, 2.24) is 10.3 Å². The molecule has 3 aromatic rings. The van der Waals surface area contributed by atoms with Gasteiger partial charge in [0.25, 0.3) is 5.91 Å². The summed E-state index contributed by atoms with van der Waals surface area (Å²) in [6.07, 6.45) is 1.42. The number of carboxylic acids is 1. The van der Waals surface area contributed by atoms with Gasteiger partial charge >= 0.3 is 5.97 Å². The third-order valence-corrected chi connectivity index (χ3v) is 3.53. The van der Waals surface area contributed by atoms with E-state index in [-0.39, 0.29) is 18.0 Å². The molecule has 0 saturated carbocycles. The highest BCUT2D eigenvalue weighted by molar-refractivity contribution is 6.06. The zero-order valence-electron chi connectivity index (χ0n) is 12.2. The Morgan fingerprint density at radius 1 is 1.04 bits per heavy atom. The van der Waals surface area contributed by atoms with Crippen molar-refractivity contribution in [3.05, 3.63) is 77.6 Å². The van der Waals surface area contributed by atoms with Crippen molar-refractivity contribution in [3.8, 4) is 0 Å². The second kappa shape index (κ2) is 6.27. The van der Waals surface area contributed by atoms with Crippen molar-refractivity contribution in [2.75, 3.05) is 0 Å². The summed E-state index contributed by atoms with van der Waals surface area (Å²) in [6, 6.07) is 16.1. The second-order valence-corrected chi connectivity index (χ2v) is 5.05. The number of carboxylic acid groups (broad SMARTS) is 1. The molecule has 1 heterocycles. The third-order valence-electron chi connectivity index (χ3n) is 3.53. The zero-order chi connectivity index (χ0) is 16.2. The summed E-state index contributed by atoms with van der Waals surface area (Å²) in [4.78, 5) is 27.4. The van der Waals surface area contributed by atoms with Gasteiger partial charge in [0.1, 0.15) is 0 Å². The summed E-state index contributed by atoms with van der Waals surface area (Å²) in [7, 11) is 0. The monoisotopic (exact) mass is 306 g/mol. The SMILES string of the molecule is O=C(O)c1ccnc(CNC(=O)c2cccc3ccccc23)c1. The number of rotatable bonds is 4. The largest absolute Gasteiger partial charge is 0.478 e. The van der Waals surface area contributed by atoms with Gasteiger partial charge in [-0.3, -0.25) is 9.78 Å². The molecule has 5 nitrogen and oxygen atoms in total. The average molecular weight is 306 g/mol. The van der Waals surface area contributed by atoms with Gasteiger partial charge in [-0.1, -0.05) is 36.4 Å². The lowest BCUT2D eigenvalue weighted by atomic mass is 10.0. The van der Waals surface area contributed by atoms with Crippen molar-refractivity contribution in [2.45, 2.75) is 6.54 Å². The highest BCUT2D eigenvalue weighted by Gasteiger charge is 2.10. The lowest BCUT2D eigenvalue weighted by Gasteiger charge is -2.08. The molecule has 5 heteroatoms. The summed E-state index contributed by atoms with van der Waals surface area (Å²) in [6.45, 7) is 0.170. The van der Waals surface area contributed by atoms with Gasteiger partial charge in [0, 0.05) is 11.8 Å². The topological polar surface area (TPSA) is 79.3 Å². The maximum atomic E-state index is 12.4. The van der Waals surface area contributed by atoms with Gasteiger partial charge in [-0.05, 0) is 29.0 Å². The standard InChI is InChI=1S/C18H14N2O3/c21-17(16-7-3-5-12-4-1-2-6-15(12)16)20-11-14-10-13(18(22)23)8-9-19-14/h1-10H,11H2,(H,20,21)(H,22,23). The lowest BCUT2D eigenvalue weighted by molar-refractivity contribution is 0.0696. The van der Waals surface area contributed by atoms with Crippen LogP contribution in [0.3, 0.4) is 0 Å². The van der Waals surface area contributed by atoms with Crippen LogP contribution in [0, 0.1) is 0 Å². The van der Waals surface area contributed by atoms with Gasteiger partial charge < -0.3 is 10.4 Å². The van der Waals surface area contributed by atoms with Gasteiger partial charge in [0.05, 0.1) is 17.8 Å². The number of pyridine rings is 1. The molecule has 0 fully saturated rings. The number of benzene rings is 2. The van der Waals surface area contributed by atoms with Crippen LogP contribution in [0.5, 0.6) is 0 Å². The number of carbonyl (C=O) groups is 2. The number of nitrogens with zero attached hydrogens (tertiary/aromatic N) is 1. The Bertz CT molecular complexity index is 885. The van der Waals surface area contributed by atoms with Crippen LogP contribution in [0.2, 0.25) is 0 Å². The first-order chi connectivity index (χ1) is 11.1. The van der Waals surface area contributed by atoms with Crippen molar-refractivity contribution in [1.29, 1.82) is 0 Å². The summed E-state index contributed by atoms with van der Waals surface area (Å²) in [5.41, 5.74) is 1.23. The van der Waals surface area contributed by atoms with E-state index in [1.54, 1.807) is 6.07 Å². The molecule has 1 aromatic heterocycles. The van der Waals surface area contributed by atoms with Crippen LogP contribution < -0.4 is 5.32 Å². The van der Waals surface area contributed by atoms with E-state index in [1.807, 2.05) is 36.4 Å². The van der Waals surface area contributed by atoms with Gasteiger partial charge in [-0.2, -0.15) is 0 Å². The molecule has 3 rings (SSSR count). The maximum Gasteiger partial charge on any atom is 0.335 e. The number of nitrogens with one attached hydrogen (secondary N) is 1. The molecule has 0 aliphatic carbocycles. The fourth-order valence-electron chi connectivity index (χ4n) is 2.40.